The van der Waals surface area contributed by atoms with E-state index in [4.69, 9.17) is 0 Å². The summed E-state index contributed by atoms with van der Waals surface area (Å²) in [6, 6.07) is 0. The summed E-state index contributed by atoms with van der Waals surface area (Å²) in [5.41, 5.74) is 0. The first-order valence-corrected chi connectivity index (χ1v) is 7.65. The average Bonchev–Trinajstić information content (AvgIpc) is 2.62. The highest BCUT2D eigenvalue weighted by Gasteiger charge is 2.27. The zero-order chi connectivity index (χ0) is 13.8. The Morgan fingerprint density at radius 3 is 2.50 bits per heavy atom. The Labute approximate surface area is 109 Å². The molecule has 0 saturated carbocycles. The van der Waals surface area contributed by atoms with E-state index >= 15 is 0 Å². The summed E-state index contributed by atoms with van der Waals surface area (Å²) in [5.74, 6) is 0.926. The molecule has 0 unspecified atom stereocenters. The van der Waals surface area contributed by atoms with Gasteiger partial charge in [0.2, 0.25) is 0 Å². The standard InChI is InChI=1S/C11H22N4O2S/c1-11(2,3)18(16,17)8-7-12-6-5-10-13-9-15(4)14-10/h9,12H,5-8H2,1-4H3. The van der Waals surface area contributed by atoms with E-state index in [0.29, 0.717) is 19.5 Å². The van der Waals surface area contributed by atoms with Gasteiger partial charge in [-0.05, 0) is 20.8 Å². The Morgan fingerprint density at radius 2 is 2.00 bits per heavy atom. The van der Waals surface area contributed by atoms with Crippen molar-refractivity contribution in [2.75, 3.05) is 18.8 Å². The number of rotatable bonds is 6. The maximum atomic E-state index is 11.8. The predicted octanol–water partition coefficient (Wildman–Crippen LogP) is 0.161. The van der Waals surface area contributed by atoms with Crippen LogP contribution in [0.4, 0.5) is 0 Å². The van der Waals surface area contributed by atoms with Gasteiger partial charge in [0.05, 0.1) is 10.5 Å². The molecule has 1 aromatic heterocycles. The van der Waals surface area contributed by atoms with Gasteiger partial charge in [0.1, 0.15) is 6.33 Å². The molecule has 18 heavy (non-hydrogen) atoms. The molecule has 1 N–H and O–H groups in total. The molecule has 0 radical (unpaired) electrons. The minimum Gasteiger partial charge on any atom is -0.315 e. The van der Waals surface area contributed by atoms with Crippen molar-refractivity contribution >= 4 is 9.84 Å². The first-order chi connectivity index (χ1) is 8.22. The third-order valence-corrected chi connectivity index (χ3v) is 5.26. The Morgan fingerprint density at radius 1 is 1.33 bits per heavy atom. The highest BCUT2D eigenvalue weighted by Crippen LogP contribution is 2.15. The van der Waals surface area contributed by atoms with Crippen LogP contribution in [0.5, 0.6) is 0 Å². The minimum absolute atomic E-state index is 0.159. The predicted molar refractivity (Wildman–Crippen MR) is 71.1 cm³/mol. The molecule has 0 aliphatic carbocycles. The summed E-state index contributed by atoms with van der Waals surface area (Å²) in [6.07, 6.45) is 2.36. The van der Waals surface area contributed by atoms with Crippen LogP contribution in [-0.4, -0.2) is 46.8 Å². The van der Waals surface area contributed by atoms with Crippen molar-refractivity contribution in [1.82, 2.24) is 20.1 Å². The number of aryl methyl sites for hydroxylation is 1. The summed E-state index contributed by atoms with van der Waals surface area (Å²) in [4.78, 5) is 4.10. The van der Waals surface area contributed by atoms with Gasteiger partial charge in [-0.25, -0.2) is 13.4 Å². The lowest BCUT2D eigenvalue weighted by Crippen LogP contribution is -2.35. The van der Waals surface area contributed by atoms with Gasteiger partial charge in [0, 0.05) is 26.6 Å². The monoisotopic (exact) mass is 274 g/mol. The van der Waals surface area contributed by atoms with Crippen molar-refractivity contribution in [3.63, 3.8) is 0 Å². The second-order valence-corrected chi connectivity index (χ2v) is 8.13. The van der Waals surface area contributed by atoms with E-state index in [0.717, 1.165) is 5.82 Å². The molecule has 7 heteroatoms. The second kappa shape index (κ2) is 5.79. The zero-order valence-corrected chi connectivity index (χ0v) is 12.3. The number of aromatic nitrogens is 3. The molecule has 0 aromatic carbocycles. The number of hydrogen-bond donors (Lipinski definition) is 1. The lowest BCUT2D eigenvalue weighted by molar-refractivity contribution is 0.555. The maximum Gasteiger partial charge on any atom is 0.156 e. The summed E-state index contributed by atoms with van der Waals surface area (Å²) in [6.45, 7) is 6.32. The van der Waals surface area contributed by atoms with E-state index in [2.05, 4.69) is 15.4 Å². The fourth-order valence-electron chi connectivity index (χ4n) is 1.34. The van der Waals surface area contributed by atoms with Crippen LogP contribution in [0.15, 0.2) is 6.33 Å². The molecule has 1 aromatic rings. The van der Waals surface area contributed by atoms with E-state index in [1.165, 1.54) is 0 Å². The molecular weight excluding hydrogens is 252 g/mol. The normalized spacial score (nSPS) is 12.9. The fourth-order valence-corrected chi connectivity index (χ4v) is 2.36. The van der Waals surface area contributed by atoms with Crippen molar-refractivity contribution in [2.45, 2.75) is 31.9 Å². The molecule has 1 heterocycles. The van der Waals surface area contributed by atoms with Crippen molar-refractivity contribution in [1.29, 1.82) is 0 Å². The van der Waals surface area contributed by atoms with Crippen LogP contribution in [-0.2, 0) is 23.3 Å². The largest absolute Gasteiger partial charge is 0.315 e. The molecular formula is C11H22N4O2S. The van der Waals surface area contributed by atoms with Crippen molar-refractivity contribution in [3.8, 4) is 0 Å². The molecule has 0 spiro atoms. The average molecular weight is 274 g/mol. The molecule has 104 valence electrons. The van der Waals surface area contributed by atoms with Gasteiger partial charge in [-0.15, -0.1) is 0 Å². The van der Waals surface area contributed by atoms with Crippen LogP contribution in [0.1, 0.15) is 26.6 Å². The maximum absolute atomic E-state index is 11.8. The SMILES string of the molecule is Cn1cnc(CCNCCS(=O)(=O)C(C)(C)C)n1. The lowest BCUT2D eigenvalue weighted by Gasteiger charge is -2.19. The molecule has 0 atom stereocenters. The number of sulfone groups is 1. The number of nitrogens with zero attached hydrogens (tertiary/aromatic N) is 3. The molecule has 1 rings (SSSR count). The van der Waals surface area contributed by atoms with E-state index in [9.17, 15) is 8.42 Å². The first-order valence-electron chi connectivity index (χ1n) is 6.00. The van der Waals surface area contributed by atoms with E-state index < -0.39 is 14.6 Å². The summed E-state index contributed by atoms with van der Waals surface area (Å²) in [5, 5.41) is 7.25. The third-order valence-electron chi connectivity index (χ3n) is 2.65. The van der Waals surface area contributed by atoms with Crippen molar-refractivity contribution in [2.24, 2.45) is 7.05 Å². The van der Waals surface area contributed by atoms with Gasteiger partial charge < -0.3 is 5.32 Å². The zero-order valence-electron chi connectivity index (χ0n) is 11.5. The molecule has 0 amide bonds. The topological polar surface area (TPSA) is 76.9 Å². The van der Waals surface area contributed by atoms with Crippen LogP contribution in [0.3, 0.4) is 0 Å². The Kier molecular flexibility index (Phi) is 4.86. The van der Waals surface area contributed by atoms with Crippen LogP contribution in [0.2, 0.25) is 0 Å². The lowest BCUT2D eigenvalue weighted by atomic mass is 10.3. The fraction of sp³-hybridized carbons (Fsp3) is 0.818. The smallest absolute Gasteiger partial charge is 0.156 e. The molecule has 0 bridgehead atoms. The summed E-state index contributed by atoms with van der Waals surface area (Å²) in [7, 11) is -1.22. The summed E-state index contributed by atoms with van der Waals surface area (Å²) >= 11 is 0. The van der Waals surface area contributed by atoms with Crippen molar-refractivity contribution < 1.29 is 8.42 Å². The van der Waals surface area contributed by atoms with Crippen LogP contribution in [0, 0.1) is 0 Å². The first kappa shape index (κ1) is 15.1. The second-order valence-electron chi connectivity index (χ2n) is 5.27. The summed E-state index contributed by atoms with van der Waals surface area (Å²) < 4.78 is 24.6. The van der Waals surface area contributed by atoms with Gasteiger partial charge in [0.25, 0.3) is 0 Å². The Hall–Kier alpha value is -0.950. The molecule has 0 fully saturated rings. The molecule has 6 nitrogen and oxygen atoms in total. The Balaban J connectivity index is 2.24. The Bertz CT molecular complexity index is 473. The number of hydrogen-bond acceptors (Lipinski definition) is 5. The highest BCUT2D eigenvalue weighted by atomic mass is 32.2. The van der Waals surface area contributed by atoms with Gasteiger partial charge in [-0.2, -0.15) is 5.10 Å². The van der Waals surface area contributed by atoms with Gasteiger partial charge >= 0.3 is 0 Å². The van der Waals surface area contributed by atoms with Gasteiger partial charge in [-0.3, -0.25) is 4.68 Å². The van der Waals surface area contributed by atoms with E-state index in [1.807, 2.05) is 7.05 Å². The molecule has 0 aliphatic heterocycles. The van der Waals surface area contributed by atoms with Crippen LogP contribution < -0.4 is 5.32 Å². The van der Waals surface area contributed by atoms with E-state index in [-0.39, 0.29) is 5.75 Å². The van der Waals surface area contributed by atoms with Crippen LogP contribution in [0.25, 0.3) is 0 Å². The van der Waals surface area contributed by atoms with Gasteiger partial charge in [0.15, 0.2) is 15.7 Å². The van der Waals surface area contributed by atoms with Gasteiger partial charge in [-0.1, -0.05) is 0 Å². The molecule has 0 aliphatic rings. The van der Waals surface area contributed by atoms with Crippen molar-refractivity contribution in [3.05, 3.63) is 12.2 Å². The van der Waals surface area contributed by atoms with Crippen LogP contribution >= 0.6 is 0 Å². The third kappa shape index (κ3) is 4.38. The number of nitrogens with one attached hydrogen (secondary N) is 1. The minimum atomic E-state index is -3.04. The highest BCUT2D eigenvalue weighted by molar-refractivity contribution is 7.92. The van der Waals surface area contributed by atoms with E-state index in [1.54, 1.807) is 31.8 Å². The molecule has 0 saturated heterocycles. The quantitative estimate of drug-likeness (QED) is 0.748.